The van der Waals surface area contributed by atoms with Crippen LogP contribution in [0.25, 0.3) is 0 Å². The standard InChI is InChI=1S/C10H10F3N3O2/c11-10(12,13)5-8(17)15-7-3-1-6(2-4-7)9(14)16-18/h1-4,18H,5H2,(H2,14,16)(H,15,17). The zero-order valence-corrected chi connectivity index (χ0v) is 9.03. The molecule has 0 spiro atoms. The molecule has 18 heavy (non-hydrogen) atoms. The zero-order valence-electron chi connectivity index (χ0n) is 9.03. The quantitative estimate of drug-likeness (QED) is 0.335. The van der Waals surface area contributed by atoms with Gasteiger partial charge in [0.1, 0.15) is 6.42 Å². The maximum absolute atomic E-state index is 11.9. The van der Waals surface area contributed by atoms with E-state index in [9.17, 15) is 18.0 Å². The van der Waals surface area contributed by atoms with Crippen LogP contribution in [0.1, 0.15) is 12.0 Å². The number of oxime groups is 1. The second-order valence-electron chi connectivity index (χ2n) is 3.40. The summed E-state index contributed by atoms with van der Waals surface area (Å²) in [5, 5.41) is 13.2. The van der Waals surface area contributed by atoms with Crippen LogP contribution in [0.5, 0.6) is 0 Å². The first kappa shape index (κ1) is 13.8. The van der Waals surface area contributed by atoms with Gasteiger partial charge in [0, 0.05) is 11.3 Å². The van der Waals surface area contributed by atoms with E-state index in [1.807, 2.05) is 0 Å². The van der Waals surface area contributed by atoms with Crippen LogP contribution in [0.4, 0.5) is 18.9 Å². The molecule has 1 aromatic rings. The molecule has 0 aromatic heterocycles. The van der Waals surface area contributed by atoms with Gasteiger partial charge in [-0.05, 0) is 24.3 Å². The fourth-order valence-corrected chi connectivity index (χ4v) is 1.17. The molecule has 4 N–H and O–H groups in total. The molecule has 0 aliphatic rings. The highest BCUT2D eigenvalue weighted by Gasteiger charge is 2.31. The minimum Gasteiger partial charge on any atom is -0.409 e. The summed E-state index contributed by atoms with van der Waals surface area (Å²) in [6.07, 6.45) is -6.09. The van der Waals surface area contributed by atoms with Gasteiger partial charge >= 0.3 is 6.18 Å². The molecule has 1 rings (SSSR count). The Morgan fingerprint density at radius 1 is 1.33 bits per heavy atom. The van der Waals surface area contributed by atoms with E-state index < -0.39 is 18.5 Å². The van der Waals surface area contributed by atoms with Gasteiger partial charge in [-0.1, -0.05) is 5.16 Å². The first-order chi connectivity index (χ1) is 8.31. The van der Waals surface area contributed by atoms with Crippen molar-refractivity contribution in [2.75, 3.05) is 5.32 Å². The van der Waals surface area contributed by atoms with Gasteiger partial charge in [0.2, 0.25) is 5.91 Å². The molecule has 0 saturated heterocycles. The van der Waals surface area contributed by atoms with Crippen molar-refractivity contribution in [3.8, 4) is 0 Å². The molecule has 0 heterocycles. The first-order valence-electron chi connectivity index (χ1n) is 4.76. The smallest absolute Gasteiger partial charge is 0.397 e. The summed E-state index contributed by atoms with van der Waals surface area (Å²) in [7, 11) is 0. The third kappa shape index (κ3) is 4.32. The average molecular weight is 261 g/mol. The summed E-state index contributed by atoms with van der Waals surface area (Å²) in [5.41, 5.74) is 5.87. The lowest BCUT2D eigenvalue weighted by molar-refractivity contribution is -0.150. The van der Waals surface area contributed by atoms with E-state index >= 15 is 0 Å². The Bertz CT molecular complexity index is 454. The first-order valence-corrected chi connectivity index (χ1v) is 4.76. The lowest BCUT2D eigenvalue weighted by atomic mass is 10.2. The number of benzene rings is 1. The van der Waals surface area contributed by atoms with E-state index in [2.05, 4.69) is 10.5 Å². The van der Waals surface area contributed by atoms with Crippen molar-refractivity contribution in [1.29, 1.82) is 0 Å². The van der Waals surface area contributed by atoms with Gasteiger partial charge < -0.3 is 16.3 Å². The number of alkyl halides is 3. The molecule has 0 unspecified atom stereocenters. The van der Waals surface area contributed by atoms with Crippen LogP contribution in [0, 0.1) is 0 Å². The SMILES string of the molecule is N/C(=N/O)c1ccc(NC(=O)CC(F)(F)F)cc1. The van der Waals surface area contributed by atoms with Crippen LogP contribution < -0.4 is 11.1 Å². The molecule has 1 aromatic carbocycles. The summed E-state index contributed by atoms with van der Waals surface area (Å²) in [6.45, 7) is 0. The number of nitrogens with zero attached hydrogens (tertiary/aromatic N) is 1. The van der Waals surface area contributed by atoms with E-state index in [1.54, 1.807) is 0 Å². The minimum absolute atomic E-state index is 0.136. The Kier molecular flexibility index (Phi) is 4.13. The molecule has 5 nitrogen and oxygen atoms in total. The molecule has 8 heteroatoms. The van der Waals surface area contributed by atoms with Crippen molar-refractivity contribution in [2.24, 2.45) is 10.9 Å². The normalized spacial score (nSPS) is 12.3. The van der Waals surface area contributed by atoms with Gasteiger partial charge in [-0.25, -0.2) is 0 Å². The monoisotopic (exact) mass is 261 g/mol. The van der Waals surface area contributed by atoms with E-state index in [4.69, 9.17) is 10.9 Å². The predicted octanol–water partition coefficient (Wildman–Crippen LogP) is 1.67. The number of amides is 1. The molecule has 0 bridgehead atoms. The van der Waals surface area contributed by atoms with Gasteiger partial charge in [-0.3, -0.25) is 4.79 Å². The highest BCUT2D eigenvalue weighted by atomic mass is 19.4. The van der Waals surface area contributed by atoms with E-state index in [-0.39, 0.29) is 11.5 Å². The highest BCUT2D eigenvalue weighted by Crippen LogP contribution is 2.20. The Hall–Kier alpha value is -2.25. The van der Waals surface area contributed by atoms with Gasteiger partial charge in [-0.2, -0.15) is 13.2 Å². The Labute approximate surface area is 100 Å². The Balaban J connectivity index is 2.67. The van der Waals surface area contributed by atoms with Crippen molar-refractivity contribution in [3.63, 3.8) is 0 Å². The number of nitrogens with two attached hydrogens (primary N) is 1. The average Bonchev–Trinajstić information content (AvgIpc) is 2.26. The van der Waals surface area contributed by atoms with Crippen molar-refractivity contribution in [3.05, 3.63) is 29.8 Å². The fraction of sp³-hybridized carbons (Fsp3) is 0.200. The van der Waals surface area contributed by atoms with Crippen molar-refractivity contribution in [1.82, 2.24) is 0 Å². The number of halogens is 3. The summed E-state index contributed by atoms with van der Waals surface area (Å²) in [6, 6.07) is 5.50. The van der Waals surface area contributed by atoms with Crippen LogP contribution in [0.15, 0.2) is 29.4 Å². The third-order valence-electron chi connectivity index (χ3n) is 1.93. The lowest BCUT2D eigenvalue weighted by Gasteiger charge is -2.08. The van der Waals surface area contributed by atoms with Crippen molar-refractivity contribution >= 4 is 17.4 Å². The van der Waals surface area contributed by atoms with Crippen LogP contribution in [0.2, 0.25) is 0 Å². The topological polar surface area (TPSA) is 87.7 Å². The Morgan fingerprint density at radius 3 is 2.33 bits per heavy atom. The number of amidine groups is 1. The van der Waals surface area contributed by atoms with Crippen molar-refractivity contribution < 1.29 is 23.2 Å². The summed E-state index contributed by atoms with van der Waals surface area (Å²) < 4.78 is 35.7. The van der Waals surface area contributed by atoms with Gasteiger partial charge in [-0.15, -0.1) is 0 Å². The molecule has 0 aliphatic heterocycles. The maximum atomic E-state index is 11.9. The second kappa shape index (κ2) is 5.39. The molecule has 1 amide bonds. The number of rotatable bonds is 3. The van der Waals surface area contributed by atoms with Gasteiger partial charge in [0.15, 0.2) is 5.84 Å². The van der Waals surface area contributed by atoms with Crippen LogP contribution >= 0.6 is 0 Å². The zero-order chi connectivity index (χ0) is 13.8. The predicted molar refractivity (Wildman–Crippen MR) is 58.3 cm³/mol. The van der Waals surface area contributed by atoms with E-state index in [0.29, 0.717) is 5.56 Å². The molecular formula is C10H10F3N3O2. The Morgan fingerprint density at radius 2 is 1.89 bits per heavy atom. The summed E-state index contributed by atoms with van der Waals surface area (Å²) >= 11 is 0. The highest BCUT2D eigenvalue weighted by molar-refractivity contribution is 5.98. The number of nitrogens with one attached hydrogen (secondary N) is 1. The molecule has 0 saturated carbocycles. The van der Waals surface area contributed by atoms with Crippen LogP contribution in [0.3, 0.4) is 0 Å². The minimum atomic E-state index is -4.54. The molecule has 98 valence electrons. The van der Waals surface area contributed by atoms with Gasteiger partial charge in [0.25, 0.3) is 0 Å². The largest absolute Gasteiger partial charge is 0.409 e. The third-order valence-corrected chi connectivity index (χ3v) is 1.93. The molecule has 0 atom stereocenters. The summed E-state index contributed by atoms with van der Waals surface area (Å²) in [5.74, 6) is -1.29. The van der Waals surface area contributed by atoms with Crippen LogP contribution in [-0.2, 0) is 4.79 Å². The fourth-order valence-electron chi connectivity index (χ4n) is 1.17. The molecule has 0 fully saturated rings. The number of carbonyl (C=O) groups is 1. The molecular weight excluding hydrogens is 251 g/mol. The molecule has 0 aliphatic carbocycles. The number of anilines is 1. The second-order valence-corrected chi connectivity index (χ2v) is 3.40. The maximum Gasteiger partial charge on any atom is 0.397 e. The van der Waals surface area contributed by atoms with E-state index in [1.165, 1.54) is 24.3 Å². The van der Waals surface area contributed by atoms with Crippen molar-refractivity contribution in [2.45, 2.75) is 12.6 Å². The van der Waals surface area contributed by atoms with E-state index in [0.717, 1.165) is 0 Å². The molecule has 0 radical (unpaired) electrons. The lowest BCUT2D eigenvalue weighted by Crippen LogP contribution is -2.21. The number of carbonyl (C=O) groups excluding carboxylic acids is 1. The summed E-state index contributed by atoms with van der Waals surface area (Å²) in [4.78, 5) is 11.0. The van der Waals surface area contributed by atoms with Crippen LogP contribution in [-0.4, -0.2) is 23.1 Å². The number of hydrogen-bond donors (Lipinski definition) is 3. The van der Waals surface area contributed by atoms with Gasteiger partial charge in [0.05, 0.1) is 0 Å². The number of hydrogen-bond acceptors (Lipinski definition) is 3.